The van der Waals surface area contributed by atoms with E-state index in [1.54, 1.807) is 6.08 Å². The number of unbranched alkanes of at least 4 members (excludes halogenated alkanes) is 1. The third-order valence-electron chi connectivity index (χ3n) is 6.38. The van der Waals surface area contributed by atoms with Gasteiger partial charge in [0.25, 0.3) is 5.91 Å². The van der Waals surface area contributed by atoms with Crippen molar-refractivity contribution in [3.63, 3.8) is 0 Å². The monoisotopic (exact) mass is 524 g/mol. The van der Waals surface area contributed by atoms with Crippen LogP contribution in [-0.4, -0.2) is 28.4 Å². The number of aromatic nitrogens is 1. The number of hydrogen-bond acceptors (Lipinski definition) is 6. The van der Waals surface area contributed by atoms with Gasteiger partial charge in [-0.25, -0.2) is 4.98 Å². The zero-order chi connectivity index (χ0) is 26.6. The number of aryl methyl sites for hydroxylation is 1. The van der Waals surface area contributed by atoms with Crippen LogP contribution in [0.15, 0.2) is 90.2 Å². The summed E-state index contributed by atoms with van der Waals surface area (Å²) < 4.78 is 6.83. The number of anilines is 1. The molecule has 0 radical (unpaired) electrons. The number of allylic oxidation sites excluding steroid dienone is 1. The van der Waals surface area contributed by atoms with Crippen LogP contribution in [-0.2, 0) is 9.59 Å². The number of benzene rings is 3. The molecule has 1 amide bonds. The number of ketones is 1. The molecule has 0 saturated carbocycles. The zero-order valence-corrected chi connectivity index (χ0v) is 22.1. The van der Waals surface area contributed by atoms with E-state index in [2.05, 4.69) is 6.92 Å². The number of ether oxygens (including phenoxy) is 1. The summed E-state index contributed by atoms with van der Waals surface area (Å²) in [5.41, 5.74) is 3.34. The number of rotatable bonds is 9. The standard InChI is InChI=1S/C31H28N2O4S/c1-3-4-17-37-23-12-8-11-22(19-23)28-27(25(34)16-14-21-9-6-5-7-10-21)29(35)30(36)33(28)31-32-24-15-13-20(2)18-26(24)38-31/h5-16,18-19,28,35H,3-4,17H2,1-2H3/b16-14+. The van der Waals surface area contributed by atoms with Crippen molar-refractivity contribution in [3.05, 3.63) is 107 Å². The first kappa shape index (κ1) is 25.4. The van der Waals surface area contributed by atoms with Gasteiger partial charge in [-0.2, -0.15) is 0 Å². The highest BCUT2D eigenvalue weighted by atomic mass is 32.1. The lowest BCUT2D eigenvalue weighted by atomic mass is 9.95. The molecule has 2 heterocycles. The van der Waals surface area contributed by atoms with E-state index in [9.17, 15) is 14.7 Å². The SMILES string of the molecule is CCCCOc1cccc(C2C(C(=O)/C=C/c3ccccc3)=C(O)C(=O)N2c2nc3ccc(C)cc3s2)c1. The molecule has 0 saturated heterocycles. The lowest BCUT2D eigenvalue weighted by Gasteiger charge is -2.24. The number of nitrogens with zero attached hydrogens (tertiary/aromatic N) is 2. The highest BCUT2D eigenvalue weighted by Crippen LogP contribution is 2.44. The highest BCUT2D eigenvalue weighted by molar-refractivity contribution is 7.22. The van der Waals surface area contributed by atoms with Crippen LogP contribution in [0, 0.1) is 6.92 Å². The van der Waals surface area contributed by atoms with Crippen LogP contribution in [0.2, 0.25) is 0 Å². The van der Waals surface area contributed by atoms with E-state index in [0.717, 1.165) is 34.2 Å². The van der Waals surface area contributed by atoms with Crippen LogP contribution in [0.3, 0.4) is 0 Å². The van der Waals surface area contributed by atoms with Gasteiger partial charge in [-0.3, -0.25) is 14.5 Å². The molecule has 7 heteroatoms. The number of hydrogen-bond donors (Lipinski definition) is 1. The Labute approximate surface area is 225 Å². The van der Waals surface area contributed by atoms with Crippen LogP contribution in [0.25, 0.3) is 16.3 Å². The molecule has 192 valence electrons. The quantitative estimate of drug-likeness (QED) is 0.189. The number of thiazole rings is 1. The van der Waals surface area contributed by atoms with Crippen molar-refractivity contribution in [1.29, 1.82) is 0 Å². The first-order chi connectivity index (χ1) is 18.5. The minimum atomic E-state index is -0.855. The van der Waals surface area contributed by atoms with Crippen LogP contribution in [0.1, 0.15) is 42.5 Å². The van der Waals surface area contributed by atoms with Gasteiger partial charge in [0, 0.05) is 0 Å². The number of amides is 1. The smallest absolute Gasteiger partial charge is 0.296 e. The number of aliphatic hydroxyl groups excluding tert-OH is 1. The molecule has 4 aromatic rings. The maximum atomic E-state index is 13.5. The van der Waals surface area contributed by atoms with Crippen LogP contribution >= 0.6 is 11.3 Å². The average Bonchev–Trinajstić information content (AvgIpc) is 3.45. The molecule has 0 bridgehead atoms. The zero-order valence-electron chi connectivity index (χ0n) is 21.3. The molecule has 6 nitrogen and oxygen atoms in total. The lowest BCUT2D eigenvalue weighted by molar-refractivity contribution is -0.117. The number of carbonyl (C=O) groups excluding carboxylic acids is 2. The van der Waals surface area contributed by atoms with E-state index >= 15 is 0 Å². The van der Waals surface area contributed by atoms with Gasteiger partial charge in [-0.05, 0) is 60.4 Å². The van der Waals surface area contributed by atoms with E-state index in [4.69, 9.17) is 9.72 Å². The summed E-state index contributed by atoms with van der Waals surface area (Å²) in [6.45, 7) is 4.66. The van der Waals surface area contributed by atoms with Crippen molar-refractivity contribution >= 4 is 44.5 Å². The molecule has 3 aromatic carbocycles. The van der Waals surface area contributed by atoms with Crippen LogP contribution < -0.4 is 9.64 Å². The second-order valence-electron chi connectivity index (χ2n) is 9.19. The highest BCUT2D eigenvalue weighted by Gasteiger charge is 2.45. The molecule has 1 aliphatic heterocycles. The Balaban J connectivity index is 1.58. The maximum absolute atomic E-state index is 13.5. The predicted molar refractivity (Wildman–Crippen MR) is 152 cm³/mol. The van der Waals surface area contributed by atoms with E-state index in [0.29, 0.717) is 23.1 Å². The molecule has 1 unspecified atom stereocenters. The summed E-state index contributed by atoms with van der Waals surface area (Å²) in [4.78, 5) is 33.1. The molecular formula is C31H28N2O4S. The molecule has 1 aromatic heterocycles. The fraction of sp³-hybridized carbons (Fsp3) is 0.194. The van der Waals surface area contributed by atoms with E-state index in [1.807, 2.05) is 79.7 Å². The molecule has 5 rings (SSSR count). The summed E-state index contributed by atoms with van der Waals surface area (Å²) in [5, 5.41) is 11.4. The number of fused-ring (bicyclic) bond motifs is 1. The normalized spacial score (nSPS) is 15.7. The predicted octanol–water partition coefficient (Wildman–Crippen LogP) is 6.97. The minimum Gasteiger partial charge on any atom is -0.503 e. The second kappa shape index (κ2) is 11.0. The fourth-order valence-corrected chi connectivity index (χ4v) is 5.52. The first-order valence-electron chi connectivity index (χ1n) is 12.6. The van der Waals surface area contributed by atoms with Gasteiger partial charge in [0.1, 0.15) is 5.75 Å². The molecule has 1 atom stereocenters. The molecule has 0 fully saturated rings. The minimum absolute atomic E-state index is 0.0170. The van der Waals surface area contributed by atoms with Crippen molar-refractivity contribution < 1.29 is 19.4 Å². The summed E-state index contributed by atoms with van der Waals surface area (Å²) in [5.74, 6) is -1.02. The first-order valence-corrected chi connectivity index (χ1v) is 13.4. The molecule has 0 aliphatic carbocycles. The van der Waals surface area contributed by atoms with Gasteiger partial charge in [0.2, 0.25) is 0 Å². The Hall–Kier alpha value is -4.23. The van der Waals surface area contributed by atoms with Crippen LogP contribution in [0.4, 0.5) is 5.13 Å². The maximum Gasteiger partial charge on any atom is 0.296 e. The number of carbonyl (C=O) groups is 2. The third-order valence-corrected chi connectivity index (χ3v) is 7.40. The summed E-state index contributed by atoms with van der Waals surface area (Å²) in [6.07, 6.45) is 4.99. The summed E-state index contributed by atoms with van der Waals surface area (Å²) >= 11 is 1.35. The second-order valence-corrected chi connectivity index (χ2v) is 10.2. The third kappa shape index (κ3) is 5.10. The molecule has 0 spiro atoms. The Kier molecular flexibility index (Phi) is 7.38. The van der Waals surface area contributed by atoms with E-state index in [1.165, 1.54) is 22.3 Å². The Morgan fingerprint density at radius 3 is 2.71 bits per heavy atom. The summed E-state index contributed by atoms with van der Waals surface area (Å²) in [7, 11) is 0. The Bertz CT molecular complexity index is 1550. The van der Waals surface area contributed by atoms with Crippen molar-refractivity contribution in [2.75, 3.05) is 11.5 Å². The molecule has 1 aliphatic rings. The van der Waals surface area contributed by atoms with Gasteiger partial charge in [-0.1, -0.05) is 79.3 Å². The largest absolute Gasteiger partial charge is 0.503 e. The van der Waals surface area contributed by atoms with E-state index < -0.39 is 23.5 Å². The van der Waals surface area contributed by atoms with Gasteiger partial charge >= 0.3 is 0 Å². The topological polar surface area (TPSA) is 79.7 Å². The number of aliphatic hydroxyl groups is 1. The van der Waals surface area contributed by atoms with Crippen molar-refractivity contribution in [2.24, 2.45) is 0 Å². The van der Waals surface area contributed by atoms with Crippen LogP contribution in [0.5, 0.6) is 5.75 Å². The van der Waals surface area contributed by atoms with Gasteiger partial charge in [-0.15, -0.1) is 0 Å². The molecule has 38 heavy (non-hydrogen) atoms. The van der Waals surface area contributed by atoms with Crippen molar-refractivity contribution in [3.8, 4) is 5.75 Å². The Morgan fingerprint density at radius 2 is 1.92 bits per heavy atom. The summed E-state index contributed by atoms with van der Waals surface area (Å²) in [6, 6.07) is 21.8. The lowest BCUT2D eigenvalue weighted by Crippen LogP contribution is -2.30. The molecular weight excluding hydrogens is 496 g/mol. The van der Waals surface area contributed by atoms with Gasteiger partial charge in [0.15, 0.2) is 16.7 Å². The van der Waals surface area contributed by atoms with Gasteiger partial charge in [0.05, 0.1) is 28.4 Å². The van der Waals surface area contributed by atoms with Gasteiger partial charge < -0.3 is 9.84 Å². The average molecular weight is 525 g/mol. The Morgan fingerprint density at radius 1 is 1.11 bits per heavy atom. The van der Waals surface area contributed by atoms with E-state index in [-0.39, 0.29) is 5.57 Å². The molecule has 1 N–H and O–H groups in total. The fourth-order valence-electron chi connectivity index (χ4n) is 4.43. The van der Waals surface area contributed by atoms with Crippen molar-refractivity contribution in [2.45, 2.75) is 32.7 Å². The van der Waals surface area contributed by atoms with Crippen molar-refractivity contribution in [1.82, 2.24) is 4.98 Å².